The Morgan fingerprint density at radius 1 is 1.35 bits per heavy atom. The maximum Gasteiger partial charge on any atom is 0.0946 e. The second kappa shape index (κ2) is 5.67. The molecule has 0 amide bonds. The summed E-state index contributed by atoms with van der Waals surface area (Å²) < 4.78 is 2.13. The molecule has 2 rings (SSSR count). The largest absolute Gasteiger partial charge is 0.336 e. The van der Waals surface area contributed by atoms with Gasteiger partial charge in [0, 0.05) is 31.5 Å². The number of hydrogen-bond donors (Lipinski definition) is 1. The van der Waals surface area contributed by atoms with Gasteiger partial charge in [-0.1, -0.05) is 20.3 Å². The molecular weight excluding hydrogens is 210 g/mol. The van der Waals surface area contributed by atoms with Crippen LogP contribution in [0.25, 0.3) is 0 Å². The van der Waals surface area contributed by atoms with Gasteiger partial charge in [0.15, 0.2) is 0 Å². The molecule has 1 aromatic rings. The van der Waals surface area contributed by atoms with Gasteiger partial charge in [-0.05, 0) is 31.1 Å². The van der Waals surface area contributed by atoms with Crippen molar-refractivity contribution < 1.29 is 0 Å². The van der Waals surface area contributed by atoms with E-state index in [1.807, 2.05) is 18.7 Å². The third kappa shape index (κ3) is 4.15. The van der Waals surface area contributed by atoms with Crippen LogP contribution in [0.5, 0.6) is 0 Å². The standard InChI is InChI=1S/C14H25N3/c1-14(2)6-3-4-13(5-7-14)16-9-11-17-10-8-15-12-17/h8,10,12-13,16H,3-7,9,11H2,1-2H3. The van der Waals surface area contributed by atoms with Gasteiger partial charge >= 0.3 is 0 Å². The van der Waals surface area contributed by atoms with E-state index in [-0.39, 0.29) is 0 Å². The lowest BCUT2D eigenvalue weighted by atomic mass is 9.85. The summed E-state index contributed by atoms with van der Waals surface area (Å²) in [5, 5.41) is 3.69. The molecule has 17 heavy (non-hydrogen) atoms. The van der Waals surface area contributed by atoms with E-state index in [1.165, 1.54) is 32.1 Å². The summed E-state index contributed by atoms with van der Waals surface area (Å²) >= 11 is 0. The summed E-state index contributed by atoms with van der Waals surface area (Å²) in [5.41, 5.74) is 0.556. The summed E-state index contributed by atoms with van der Waals surface area (Å²) in [6.07, 6.45) is 12.5. The highest BCUT2D eigenvalue weighted by atomic mass is 15.0. The minimum atomic E-state index is 0.556. The molecule has 0 saturated heterocycles. The second-order valence-corrected chi connectivity index (χ2v) is 6.05. The number of aromatic nitrogens is 2. The minimum absolute atomic E-state index is 0.556. The second-order valence-electron chi connectivity index (χ2n) is 6.05. The molecule has 1 saturated carbocycles. The molecule has 3 heteroatoms. The predicted molar refractivity (Wildman–Crippen MR) is 70.9 cm³/mol. The van der Waals surface area contributed by atoms with Crippen molar-refractivity contribution in [2.45, 2.75) is 58.5 Å². The number of rotatable bonds is 4. The molecule has 96 valence electrons. The smallest absolute Gasteiger partial charge is 0.0946 e. The van der Waals surface area contributed by atoms with Crippen molar-refractivity contribution >= 4 is 0 Å². The summed E-state index contributed by atoms with van der Waals surface area (Å²) in [5.74, 6) is 0. The zero-order chi connectivity index (χ0) is 12.1. The highest BCUT2D eigenvalue weighted by Crippen LogP contribution is 2.33. The predicted octanol–water partition coefficient (Wildman–Crippen LogP) is 2.83. The van der Waals surface area contributed by atoms with Gasteiger partial charge in [0.1, 0.15) is 0 Å². The van der Waals surface area contributed by atoms with Gasteiger partial charge in [-0.3, -0.25) is 0 Å². The average molecular weight is 235 g/mol. The van der Waals surface area contributed by atoms with Crippen molar-refractivity contribution in [1.82, 2.24) is 14.9 Å². The fraction of sp³-hybridized carbons (Fsp3) is 0.786. The van der Waals surface area contributed by atoms with Crippen LogP contribution in [0.4, 0.5) is 0 Å². The molecule has 1 fully saturated rings. The highest BCUT2D eigenvalue weighted by molar-refractivity contribution is 4.80. The Hall–Kier alpha value is -0.830. The van der Waals surface area contributed by atoms with Crippen molar-refractivity contribution in [3.8, 4) is 0 Å². The van der Waals surface area contributed by atoms with Gasteiger partial charge in [0.05, 0.1) is 6.33 Å². The summed E-state index contributed by atoms with van der Waals surface area (Å²) in [6, 6.07) is 0.722. The minimum Gasteiger partial charge on any atom is -0.336 e. The molecule has 1 unspecified atom stereocenters. The molecule has 0 radical (unpaired) electrons. The number of imidazole rings is 1. The number of nitrogens with zero attached hydrogens (tertiary/aromatic N) is 2. The van der Waals surface area contributed by atoms with Crippen molar-refractivity contribution in [3.63, 3.8) is 0 Å². The average Bonchev–Trinajstić information content (AvgIpc) is 2.72. The van der Waals surface area contributed by atoms with Gasteiger partial charge in [0.2, 0.25) is 0 Å². The van der Waals surface area contributed by atoms with Crippen LogP contribution in [0, 0.1) is 5.41 Å². The molecule has 1 N–H and O–H groups in total. The van der Waals surface area contributed by atoms with E-state index in [1.54, 1.807) is 0 Å². The van der Waals surface area contributed by atoms with Crippen LogP contribution >= 0.6 is 0 Å². The number of nitrogens with one attached hydrogen (secondary N) is 1. The van der Waals surface area contributed by atoms with Crippen LogP contribution in [0.2, 0.25) is 0 Å². The zero-order valence-electron chi connectivity index (χ0n) is 11.2. The van der Waals surface area contributed by atoms with Gasteiger partial charge in [0.25, 0.3) is 0 Å². The molecule has 1 aromatic heterocycles. The van der Waals surface area contributed by atoms with E-state index in [9.17, 15) is 0 Å². The Labute approximate surface area is 105 Å². The third-order valence-corrected chi connectivity index (χ3v) is 3.94. The molecule has 1 atom stereocenters. The molecule has 0 bridgehead atoms. The van der Waals surface area contributed by atoms with Gasteiger partial charge in [-0.25, -0.2) is 4.98 Å². The summed E-state index contributed by atoms with van der Waals surface area (Å²) in [6.45, 7) is 6.89. The molecule has 1 aliphatic rings. The Bertz CT molecular complexity index is 316. The van der Waals surface area contributed by atoms with E-state index >= 15 is 0 Å². The van der Waals surface area contributed by atoms with Gasteiger partial charge < -0.3 is 9.88 Å². The SMILES string of the molecule is CC1(C)CCCC(NCCn2ccnc2)CC1. The van der Waals surface area contributed by atoms with E-state index < -0.39 is 0 Å². The van der Waals surface area contributed by atoms with Crippen LogP contribution < -0.4 is 5.32 Å². The van der Waals surface area contributed by atoms with Gasteiger partial charge in [-0.15, -0.1) is 0 Å². The zero-order valence-corrected chi connectivity index (χ0v) is 11.2. The Kier molecular flexibility index (Phi) is 4.21. The summed E-state index contributed by atoms with van der Waals surface area (Å²) in [4.78, 5) is 4.06. The monoisotopic (exact) mass is 235 g/mol. The van der Waals surface area contributed by atoms with Crippen LogP contribution in [0.1, 0.15) is 46.0 Å². The fourth-order valence-electron chi connectivity index (χ4n) is 2.68. The molecule has 1 aliphatic carbocycles. The van der Waals surface area contributed by atoms with Crippen LogP contribution in [-0.2, 0) is 6.54 Å². The molecule has 0 aromatic carbocycles. The Morgan fingerprint density at radius 3 is 3.00 bits per heavy atom. The molecular formula is C14H25N3. The Balaban J connectivity index is 1.69. The van der Waals surface area contributed by atoms with Crippen molar-refractivity contribution in [2.24, 2.45) is 5.41 Å². The highest BCUT2D eigenvalue weighted by Gasteiger charge is 2.23. The molecule has 0 aliphatic heterocycles. The van der Waals surface area contributed by atoms with E-state index in [0.717, 1.165) is 19.1 Å². The maximum atomic E-state index is 4.06. The first-order valence-corrected chi connectivity index (χ1v) is 6.85. The van der Waals surface area contributed by atoms with E-state index in [0.29, 0.717) is 5.41 Å². The molecule has 1 heterocycles. The van der Waals surface area contributed by atoms with Crippen LogP contribution in [0.15, 0.2) is 18.7 Å². The van der Waals surface area contributed by atoms with Crippen molar-refractivity contribution in [2.75, 3.05) is 6.54 Å². The lowest BCUT2D eigenvalue weighted by Crippen LogP contribution is -2.31. The maximum absolute atomic E-state index is 4.06. The lowest BCUT2D eigenvalue weighted by Gasteiger charge is -2.22. The van der Waals surface area contributed by atoms with E-state index in [4.69, 9.17) is 0 Å². The molecule has 0 spiro atoms. The quantitative estimate of drug-likeness (QED) is 0.813. The Morgan fingerprint density at radius 2 is 2.24 bits per heavy atom. The van der Waals surface area contributed by atoms with Crippen LogP contribution in [-0.4, -0.2) is 22.1 Å². The normalized spacial score (nSPS) is 24.5. The first kappa shape index (κ1) is 12.6. The lowest BCUT2D eigenvalue weighted by molar-refractivity contribution is 0.309. The van der Waals surface area contributed by atoms with Crippen molar-refractivity contribution in [3.05, 3.63) is 18.7 Å². The topological polar surface area (TPSA) is 29.9 Å². The fourth-order valence-corrected chi connectivity index (χ4v) is 2.68. The van der Waals surface area contributed by atoms with Crippen LogP contribution in [0.3, 0.4) is 0 Å². The first-order valence-electron chi connectivity index (χ1n) is 6.85. The van der Waals surface area contributed by atoms with Gasteiger partial charge in [-0.2, -0.15) is 0 Å². The number of hydrogen-bond acceptors (Lipinski definition) is 2. The first-order chi connectivity index (χ1) is 8.16. The van der Waals surface area contributed by atoms with Crippen molar-refractivity contribution in [1.29, 1.82) is 0 Å². The molecule has 3 nitrogen and oxygen atoms in total. The van der Waals surface area contributed by atoms with E-state index in [2.05, 4.69) is 28.7 Å². The third-order valence-electron chi connectivity index (χ3n) is 3.94. The summed E-state index contributed by atoms with van der Waals surface area (Å²) in [7, 11) is 0.